The van der Waals surface area contributed by atoms with Gasteiger partial charge in [-0.1, -0.05) is 12.1 Å². The normalized spacial score (nSPS) is 11.8. The van der Waals surface area contributed by atoms with E-state index < -0.39 is 16.0 Å². The first-order valence-electron chi connectivity index (χ1n) is 7.78. The highest BCUT2D eigenvalue weighted by atomic mass is 32.2. The van der Waals surface area contributed by atoms with Crippen LogP contribution in [0.3, 0.4) is 0 Å². The third-order valence-electron chi connectivity index (χ3n) is 4.01. The molecule has 0 radical (unpaired) electrons. The molecule has 0 unspecified atom stereocenters. The van der Waals surface area contributed by atoms with Crippen molar-refractivity contribution in [2.45, 2.75) is 18.2 Å². The summed E-state index contributed by atoms with van der Waals surface area (Å²) in [5.74, 6) is -1.80. The fourth-order valence-corrected chi connectivity index (χ4v) is 3.73. The molecule has 136 valence electrons. The third kappa shape index (κ3) is 3.61. The van der Waals surface area contributed by atoms with E-state index in [1.807, 2.05) is 0 Å². The monoisotopic (exact) mass is 377 g/mol. The van der Waals surface area contributed by atoms with E-state index in [0.717, 1.165) is 0 Å². The molecule has 26 heavy (non-hydrogen) atoms. The molecule has 2 N–H and O–H groups in total. The number of halogens is 1. The predicted octanol–water partition coefficient (Wildman–Crippen LogP) is 3.10. The predicted molar refractivity (Wildman–Crippen MR) is 93.2 cm³/mol. The van der Waals surface area contributed by atoms with Crippen molar-refractivity contribution in [1.82, 2.24) is 4.72 Å². The number of carboxylic acid groups (broad SMARTS) is 1. The molecule has 3 rings (SSSR count). The van der Waals surface area contributed by atoms with E-state index in [1.54, 1.807) is 19.1 Å². The number of carbonyl (C=O) groups is 1. The van der Waals surface area contributed by atoms with Crippen LogP contribution in [0.15, 0.2) is 51.8 Å². The second-order valence-electron chi connectivity index (χ2n) is 5.80. The number of hydrogen-bond donors (Lipinski definition) is 2. The molecule has 8 heteroatoms. The minimum absolute atomic E-state index is 0.00470. The minimum atomic E-state index is -3.79. The van der Waals surface area contributed by atoms with Crippen LogP contribution in [0.5, 0.6) is 0 Å². The number of carboxylic acids is 1. The molecule has 0 saturated carbocycles. The van der Waals surface area contributed by atoms with Gasteiger partial charge in [0.2, 0.25) is 15.8 Å². The van der Waals surface area contributed by atoms with Crippen molar-refractivity contribution >= 4 is 27.0 Å². The summed E-state index contributed by atoms with van der Waals surface area (Å²) in [6, 6.07) is 10.1. The fourth-order valence-electron chi connectivity index (χ4n) is 2.68. The van der Waals surface area contributed by atoms with E-state index in [1.165, 1.54) is 30.3 Å². The van der Waals surface area contributed by atoms with E-state index in [9.17, 15) is 17.6 Å². The van der Waals surface area contributed by atoms with E-state index >= 15 is 0 Å². The molecule has 3 aromatic rings. The topological polar surface area (TPSA) is 96.6 Å². The highest BCUT2D eigenvalue weighted by Gasteiger charge is 2.20. The van der Waals surface area contributed by atoms with Crippen LogP contribution in [0.4, 0.5) is 4.39 Å². The number of hydrogen-bond acceptors (Lipinski definition) is 4. The van der Waals surface area contributed by atoms with E-state index in [2.05, 4.69) is 4.72 Å². The molecule has 1 aromatic heterocycles. The smallest absolute Gasteiger partial charge is 0.372 e. The molecule has 0 aliphatic carbocycles. The number of aromatic carboxylic acids is 1. The Labute approximate surface area is 149 Å². The molecule has 0 fully saturated rings. The zero-order valence-corrected chi connectivity index (χ0v) is 14.6. The van der Waals surface area contributed by atoms with Gasteiger partial charge in [0.25, 0.3) is 0 Å². The summed E-state index contributed by atoms with van der Waals surface area (Å²) >= 11 is 0. The number of aryl methyl sites for hydroxylation is 1. The van der Waals surface area contributed by atoms with Gasteiger partial charge in [0.15, 0.2) is 0 Å². The standard InChI is InChI=1S/C18H16FNO5S/c1-11-15-10-14(5-6-16(15)25-17(11)18(21)22)26(23,24)20-8-7-12-3-2-4-13(19)9-12/h2-6,9-10,20H,7-8H2,1H3,(H,21,22). The molecule has 0 aliphatic rings. The lowest BCUT2D eigenvalue weighted by Crippen LogP contribution is -2.26. The number of fused-ring (bicyclic) bond motifs is 1. The van der Waals surface area contributed by atoms with Gasteiger partial charge < -0.3 is 9.52 Å². The van der Waals surface area contributed by atoms with Crippen molar-refractivity contribution in [3.63, 3.8) is 0 Å². The maximum Gasteiger partial charge on any atom is 0.372 e. The number of rotatable bonds is 6. The van der Waals surface area contributed by atoms with Gasteiger partial charge in [0.1, 0.15) is 11.4 Å². The summed E-state index contributed by atoms with van der Waals surface area (Å²) in [4.78, 5) is 11.1. The van der Waals surface area contributed by atoms with Gasteiger partial charge in [-0.2, -0.15) is 0 Å². The van der Waals surface area contributed by atoms with Crippen LogP contribution in [0, 0.1) is 12.7 Å². The summed E-state index contributed by atoms with van der Waals surface area (Å²) in [5, 5.41) is 9.52. The Morgan fingerprint density at radius 1 is 1.23 bits per heavy atom. The quantitative estimate of drug-likeness (QED) is 0.688. The van der Waals surface area contributed by atoms with E-state index in [4.69, 9.17) is 9.52 Å². The van der Waals surface area contributed by atoms with Crippen molar-refractivity contribution in [3.05, 3.63) is 65.2 Å². The van der Waals surface area contributed by atoms with Crippen molar-refractivity contribution in [2.75, 3.05) is 6.54 Å². The Hall–Kier alpha value is -2.71. The zero-order chi connectivity index (χ0) is 18.9. The highest BCUT2D eigenvalue weighted by Crippen LogP contribution is 2.27. The summed E-state index contributed by atoms with van der Waals surface area (Å²) in [7, 11) is -3.79. The maximum atomic E-state index is 13.1. The number of sulfonamides is 1. The zero-order valence-electron chi connectivity index (χ0n) is 13.8. The Morgan fingerprint density at radius 2 is 2.00 bits per heavy atom. The van der Waals surface area contributed by atoms with Crippen LogP contribution < -0.4 is 4.72 Å². The van der Waals surface area contributed by atoms with Gasteiger partial charge in [-0.3, -0.25) is 0 Å². The average molecular weight is 377 g/mol. The van der Waals surface area contributed by atoms with E-state index in [0.29, 0.717) is 28.5 Å². The van der Waals surface area contributed by atoms with Crippen molar-refractivity contribution in [1.29, 1.82) is 0 Å². The number of nitrogens with one attached hydrogen (secondary N) is 1. The van der Waals surface area contributed by atoms with Crippen LogP contribution in [0.2, 0.25) is 0 Å². The molecule has 0 atom stereocenters. The summed E-state index contributed by atoms with van der Waals surface area (Å²) < 4.78 is 45.7. The van der Waals surface area contributed by atoms with Crippen LogP contribution in [-0.4, -0.2) is 26.0 Å². The summed E-state index contributed by atoms with van der Waals surface area (Å²) in [5.41, 5.74) is 1.35. The van der Waals surface area contributed by atoms with Crippen LogP contribution in [-0.2, 0) is 16.4 Å². The molecular weight excluding hydrogens is 361 g/mol. The van der Waals surface area contributed by atoms with Gasteiger partial charge >= 0.3 is 5.97 Å². The molecule has 0 amide bonds. The van der Waals surface area contributed by atoms with E-state index in [-0.39, 0.29) is 23.0 Å². The lowest BCUT2D eigenvalue weighted by Gasteiger charge is -2.07. The Balaban J connectivity index is 1.80. The van der Waals surface area contributed by atoms with Crippen LogP contribution in [0.25, 0.3) is 11.0 Å². The molecule has 0 aliphatic heterocycles. The Bertz CT molecular complexity index is 1090. The summed E-state index contributed by atoms with van der Waals surface area (Å²) in [6.07, 6.45) is 0.340. The lowest BCUT2D eigenvalue weighted by molar-refractivity contribution is 0.0664. The minimum Gasteiger partial charge on any atom is -0.475 e. The molecular formula is C18H16FNO5S. The molecule has 0 spiro atoms. The van der Waals surface area contributed by atoms with Gasteiger partial charge in [0, 0.05) is 17.5 Å². The number of benzene rings is 2. The van der Waals surface area contributed by atoms with Crippen LogP contribution >= 0.6 is 0 Å². The number of furan rings is 1. The molecule has 1 heterocycles. The first-order valence-corrected chi connectivity index (χ1v) is 9.27. The molecule has 0 bridgehead atoms. The van der Waals surface area contributed by atoms with Crippen molar-refractivity contribution in [3.8, 4) is 0 Å². The second kappa shape index (κ2) is 6.89. The molecule has 6 nitrogen and oxygen atoms in total. The van der Waals surface area contributed by atoms with Gasteiger partial charge in [-0.05, 0) is 49.2 Å². The third-order valence-corrected chi connectivity index (χ3v) is 5.47. The summed E-state index contributed by atoms with van der Waals surface area (Å²) in [6.45, 7) is 1.66. The highest BCUT2D eigenvalue weighted by molar-refractivity contribution is 7.89. The Morgan fingerprint density at radius 3 is 2.69 bits per heavy atom. The van der Waals surface area contributed by atoms with Gasteiger partial charge in [-0.25, -0.2) is 22.3 Å². The van der Waals surface area contributed by atoms with Crippen LogP contribution in [0.1, 0.15) is 21.7 Å². The van der Waals surface area contributed by atoms with Crippen molar-refractivity contribution < 1.29 is 27.1 Å². The SMILES string of the molecule is Cc1c(C(=O)O)oc2ccc(S(=O)(=O)NCCc3cccc(F)c3)cc12. The first kappa shape index (κ1) is 18.1. The molecule has 0 saturated heterocycles. The van der Waals surface area contributed by atoms with Gasteiger partial charge in [-0.15, -0.1) is 0 Å². The average Bonchev–Trinajstić information content (AvgIpc) is 2.91. The first-order chi connectivity index (χ1) is 12.3. The lowest BCUT2D eigenvalue weighted by atomic mass is 10.1. The second-order valence-corrected chi connectivity index (χ2v) is 7.56. The molecule has 2 aromatic carbocycles. The Kier molecular flexibility index (Phi) is 4.80. The maximum absolute atomic E-state index is 13.1. The van der Waals surface area contributed by atoms with Crippen molar-refractivity contribution in [2.24, 2.45) is 0 Å². The van der Waals surface area contributed by atoms with Gasteiger partial charge in [0.05, 0.1) is 4.90 Å². The largest absolute Gasteiger partial charge is 0.475 e. The fraction of sp³-hybridized carbons (Fsp3) is 0.167.